The molecule has 0 bridgehead atoms. The first kappa shape index (κ1) is 17.0. The zero-order chi connectivity index (χ0) is 18.8. The van der Waals surface area contributed by atoms with E-state index in [2.05, 4.69) is 20.0 Å². The highest BCUT2D eigenvalue weighted by Crippen LogP contribution is 2.23. The SMILES string of the molecule is Cc1nc2ccccc2n1-c1cccc(Nc2ccc(OC(F)F)cc2)n1. The summed E-state index contributed by atoms with van der Waals surface area (Å²) in [5, 5.41) is 3.17. The lowest BCUT2D eigenvalue weighted by molar-refractivity contribution is -0.0498. The largest absolute Gasteiger partial charge is 0.435 e. The maximum Gasteiger partial charge on any atom is 0.387 e. The fourth-order valence-electron chi connectivity index (χ4n) is 2.92. The number of nitrogens with one attached hydrogen (secondary N) is 1. The topological polar surface area (TPSA) is 52.0 Å². The number of aromatic nitrogens is 3. The number of halogens is 2. The summed E-state index contributed by atoms with van der Waals surface area (Å²) in [5.41, 5.74) is 2.60. The van der Waals surface area contributed by atoms with Crippen LogP contribution in [0.2, 0.25) is 0 Å². The van der Waals surface area contributed by atoms with Crippen LogP contribution in [0.25, 0.3) is 16.9 Å². The second-order valence-corrected chi connectivity index (χ2v) is 5.89. The molecule has 4 rings (SSSR count). The van der Waals surface area contributed by atoms with E-state index < -0.39 is 6.61 Å². The van der Waals surface area contributed by atoms with Crippen LogP contribution in [0.1, 0.15) is 5.82 Å². The molecule has 0 fully saturated rings. The molecule has 27 heavy (non-hydrogen) atoms. The Morgan fingerprint density at radius 1 is 0.926 bits per heavy atom. The van der Waals surface area contributed by atoms with Crippen LogP contribution >= 0.6 is 0 Å². The highest BCUT2D eigenvalue weighted by atomic mass is 19.3. The van der Waals surface area contributed by atoms with E-state index in [0.717, 1.165) is 22.7 Å². The van der Waals surface area contributed by atoms with Crippen LogP contribution in [0.3, 0.4) is 0 Å². The van der Waals surface area contributed by atoms with E-state index in [1.54, 1.807) is 12.1 Å². The lowest BCUT2D eigenvalue weighted by atomic mass is 10.3. The number of fused-ring (bicyclic) bond motifs is 1. The van der Waals surface area contributed by atoms with Gasteiger partial charge in [-0.1, -0.05) is 18.2 Å². The standard InChI is InChI=1S/C20H16F2N4O/c1-13-23-16-5-2-3-6-17(16)26(13)19-8-4-7-18(25-19)24-14-9-11-15(12-10-14)27-20(21)22/h2-12,20H,1H3,(H,24,25). The minimum atomic E-state index is -2.84. The number of rotatable bonds is 5. The quantitative estimate of drug-likeness (QED) is 0.535. The number of benzene rings is 2. The maximum absolute atomic E-state index is 12.2. The number of nitrogens with zero attached hydrogens (tertiary/aromatic N) is 3. The second kappa shape index (κ2) is 7.03. The van der Waals surface area contributed by atoms with Gasteiger partial charge >= 0.3 is 6.61 Å². The smallest absolute Gasteiger partial charge is 0.387 e. The molecule has 0 saturated heterocycles. The first-order valence-corrected chi connectivity index (χ1v) is 8.33. The summed E-state index contributed by atoms with van der Waals surface area (Å²) in [6.07, 6.45) is 0. The Balaban J connectivity index is 1.62. The summed E-state index contributed by atoms with van der Waals surface area (Å²) in [6, 6.07) is 19.8. The molecule has 0 amide bonds. The summed E-state index contributed by atoms with van der Waals surface area (Å²) < 4.78 is 30.8. The Bertz CT molecular complexity index is 1080. The third kappa shape index (κ3) is 3.57. The van der Waals surface area contributed by atoms with Crippen molar-refractivity contribution < 1.29 is 13.5 Å². The van der Waals surface area contributed by atoms with Crippen molar-refractivity contribution in [1.29, 1.82) is 0 Å². The average Bonchev–Trinajstić information content (AvgIpc) is 2.99. The number of hydrogen-bond acceptors (Lipinski definition) is 4. The molecule has 5 nitrogen and oxygen atoms in total. The second-order valence-electron chi connectivity index (χ2n) is 5.89. The molecule has 0 aliphatic heterocycles. The van der Waals surface area contributed by atoms with Crippen LogP contribution in [-0.4, -0.2) is 21.1 Å². The fourth-order valence-corrected chi connectivity index (χ4v) is 2.92. The number of alkyl halides is 2. The van der Waals surface area contributed by atoms with Crippen molar-refractivity contribution in [3.8, 4) is 11.6 Å². The lowest BCUT2D eigenvalue weighted by Gasteiger charge is -2.10. The van der Waals surface area contributed by atoms with Crippen LogP contribution in [0.5, 0.6) is 5.75 Å². The number of para-hydroxylation sites is 2. The average molecular weight is 366 g/mol. The van der Waals surface area contributed by atoms with Gasteiger partial charge in [-0.15, -0.1) is 0 Å². The van der Waals surface area contributed by atoms with Crippen molar-refractivity contribution >= 4 is 22.5 Å². The fraction of sp³-hybridized carbons (Fsp3) is 0.100. The Morgan fingerprint density at radius 3 is 2.48 bits per heavy atom. The van der Waals surface area contributed by atoms with Gasteiger partial charge in [0, 0.05) is 5.69 Å². The zero-order valence-corrected chi connectivity index (χ0v) is 14.4. The molecular weight excluding hydrogens is 350 g/mol. The number of anilines is 2. The molecule has 1 N–H and O–H groups in total. The molecule has 136 valence electrons. The Kier molecular flexibility index (Phi) is 4.42. The number of aryl methyl sites for hydroxylation is 1. The molecule has 0 radical (unpaired) electrons. The van der Waals surface area contributed by atoms with E-state index in [9.17, 15) is 8.78 Å². The Hall–Kier alpha value is -3.48. The van der Waals surface area contributed by atoms with Gasteiger partial charge in [0.2, 0.25) is 0 Å². The minimum absolute atomic E-state index is 0.109. The van der Waals surface area contributed by atoms with E-state index in [4.69, 9.17) is 0 Å². The van der Waals surface area contributed by atoms with Gasteiger partial charge in [-0.25, -0.2) is 9.97 Å². The third-order valence-electron chi connectivity index (χ3n) is 4.04. The first-order chi connectivity index (χ1) is 13.1. The molecule has 2 heterocycles. The van der Waals surface area contributed by atoms with E-state index in [-0.39, 0.29) is 5.75 Å². The van der Waals surface area contributed by atoms with Gasteiger partial charge < -0.3 is 10.1 Å². The number of hydrogen-bond donors (Lipinski definition) is 1. The summed E-state index contributed by atoms with van der Waals surface area (Å²) in [7, 11) is 0. The van der Waals surface area contributed by atoms with Crippen molar-refractivity contribution in [3.05, 3.63) is 72.6 Å². The minimum Gasteiger partial charge on any atom is -0.435 e. The molecular formula is C20H16F2N4O. The Labute approximate surface area is 154 Å². The van der Waals surface area contributed by atoms with Crippen molar-refractivity contribution in [1.82, 2.24) is 14.5 Å². The molecule has 2 aromatic carbocycles. The summed E-state index contributed by atoms with van der Waals surface area (Å²) in [4.78, 5) is 9.22. The molecule has 2 aromatic heterocycles. The van der Waals surface area contributed by atoms with Crippen molar-refractivity contribution in [2.75, 3.05) is 5.32 Å². The van der Waals surface area contributed by atoms with E-state index >= 15 is 0 Å². The number of ether oxygens (including phenoxy) is 1. The van der Waals surface area contributed by atoms with E-state index in [0.29, 0.717) is 11.5 Å². The molecule has 0 aliphatic carbocycles. The molecule has 0 aliphatic rings. The van der Waals surface area contributed by atoms with Crippen LogP contribution in [-0.2, 0) is 0 Å². The van der Waals surface area contributed by atoms with Gasteiger partial charge in [0.05, 0.1) is 11.0 Å². The molecule has 0 saturated carbocycles. The lowest BCUT2D eigenvalue weighted by Crippen LogP contribution is -2.03. The van der Waals surface area contributed by atoms with Gasteiger partial charge in [0.25, 0.3) is 0 Å². The van der Waals surface area contributed by atoms with Crippen LogP contribution in [0.15, 0.2) is 66.7 Å². The van der Waals surface area contributed by atoms with E-state index in [1.807, 2.05) is 54.0 Å². The van der Waals surface area contributed by atoms with Gasteiger partial charge in [-0.2, -0.15) is 8.78 Å². The first-order valence-electron chi connectivity index (χ1n) is 8.33. The van der Waals surface area contributed by atoms with Crippen molar-refractivity contribution in [3.63, 3.8) is 0 Å². The number of pyridine rings is 1. The van der Waals surface area contributed by atoms with Crippen molar-refractivity contribution in [2.45, 2.75) is 13.5 Å². The predicted molar refractivity (Wildman–Crippen MR) is 100.0 cm³/mol. The molecule has 0 spiro atoms. The highest BCUT2D eigenvalue weighted by molar-refractivity contribution is 5.78. The van der Waals surface area contributed by atoms with Crippen LogP contribution in [0.4, 0.5) is 20.3 Å². The summed E-state index contributed by atoms with van der Waals surface area (Å²) in [6.45, 7) is -0.904. The Morgan fingerprint density at radius 2 is 1.70 bits per heavy atom. The normalized spacial score (nSPS) is 11.1. The monoisotopic (exact) mass is 366 g/mol. The molecule has 7 heteroatoms. The maximum atomic E-state index is 12.2. The highest BCUT2D eigenvalue weighted by Gasteiger charge is 2.10. The van der Waals surface area contributed by atoms with Crippen LogP contribution < -0.4 is 10.1 Å². The summed E-state index contributed by atoms with van der Waals surface area (Å²) in [5.74, 6) is 2.32. The summed E-state index contributed by atoms with van der Waals surface area (Å²) >= 11 is 0. The number of imidazole rings is 1. The van der Waals surface area contributed by atoms with Crippen LogP contribution in [0, 0.1) is 6.92 Å². The zero-order valence-electron chi connectivity index (χ0n) is 14.4. The molecule has 0 unspecified atom stereocenters. The van der Waals surface area contributed by atoms with Gasteiger partial charge in [-0.05, 0) is 55.5 Å². The van der Waals surface area contributed by atoms with Gasteiger partial charge in [0.1, 0.15) is 23.2 Å². The molecule has 0 atom stereocenters. The van der Waals surface area contributed by atoms with Gasteiger partial charge in [0.15, 0.2) is 0 Å². The van der Waals surface area contributed by atoms with Gasteiger partial charge in [-0.3, -0.25) is 4.57 Å². The predicted octanol–water partition coefficient (Wildman–Crippen LogP) is 5.07. The molecule has 4 aromatic rings. The third-order valence-corrected chi connectivity index (χ3v) is 4.04. The van der Waals surface area contributed by atoms with E-state index in [1.165, 1.54) is 12.1 Å². The van der Waals surface area contributed by atoms with Crippen molar-refractivity contribution in [2.24, 2.45) is 0 Å².